The number of benzene rings is 1. The molecular formula is C12H9N5O2S2. The molecule has 106 valence electrons. The van der Waals surface area contributed by atoms with Crippen molar-refractivity contribution in [3.63, 3.8) is 0 Å². The second-order valence-corrected chi connectivity index (χ2v) is 5.58. The average Bonchev–Trinajstić information content (AvgIpc) is 3.17. The highest BCUT2D eigenvalue weighted by atomic mass is 32.2. The quantitative estimate of drug-likeness (QED) is 0.721. The summed E-state index contributed by atoms with van der Waals surface area (Å²) < 4.78 is 5.49. The summed E-state index contributed by atoms with van der Waals surface area (Å²) in [6.07, 6.45) is 0. The number of nitrogens with one attached hydrogen (secondary N) is 1. The fraction of sp³-hybridized carbons (Fsp3) is 0.0833. The van der Waals surface area contributed by atoms with Crippen molar-refractivity contribution in [2.24, 2.45) is 0 Å². The van der Waals surface area contributed by atoms with Gasteiger partial charge in [0.2, 0.25) is 16.9 Å². The van der Waals surface area contributed by atoms with E-state index in [9.17, 15) is 4.79 Å². The number of rotatable bonds is 5. The Bertz CT molecular complexity index is 714. The molecule has 0 bridgehead atoms. The van der Waals surface area contributed by atoms with Gasteiger partial charge >= 0.3 is 0 Å². The standard InChI is InChI=1S/C12H9N5O2S2/c18-9(14-11-16-13-7-21-11)6-20-12-17-15-10(19-12)8-4-2-1-3-5-8/h1-5,7H,6H2,(H,14,16,18). The summed E-state index contributed by atoms with van der Waals surface area (Å²) in [7, 11) is 0. The molecule has 0 saturated carbocycles. The summed E-state index contributed by atoms with van der Waals surface area (Å²) >= 11 is 2.43. The van der Waals surface area contributed by atoms with E-state index in [4.69, 9.17) is 4.42 Å². The summed E-state index contributed by atoms with van der Waals surface area (Å²) in [6.45, 7) is 0. The maximum atomic E-state index is 11.7. The van der Waals surface area contributed by atoms with Gasteiger partial charge in [-0.05, 0) is 12.1 Å². The Balaban J connectivity index is 1.56. The van der Waals surface area contributed by atoms with Crippen molar-refractivity contribution in [2.75, 3.05) is 11.1 Å². The molecule has 0 spiro atoms. The number of hydrogen-bond acceptors (Lipinski definition) is 8. The second kappa shape index (κ2) is 6.46. The molecule has 1 aromatic carbocycles. The van der Waals surface area contributed by atoms with E-state index in [1.165, 1.54) is 23.1 Å². The molecule has 0 aliphatic rings. The second-order valence-electron chi connectivity index (χ2n) is 3.82. The largest absolute Gasteiger partial charge is 0.411 e. The molecule has 2 aromatic heterocycles. The van der Waals surface area contributed by atoms with Gasteiger partial charge in [-0.3, -0.25) is 10.1 Å². The monoisotopic (exact) mass is 319 g/mol. The van der Waals surface area contributed by atoms with Crippen LogP contribution in [0.5, 0.6) is 0 Å². The van der Waals surface area contributed by atoms with Gasteiger partial charge in [0.05, 0.1) is 5.75 Å². The lowest BCUT2D eigenvalue weighted by atomic mass is 10.2. The van der Waals surface area contributed by atoms with Gasteiger partial charge in [0.15, 0.2) is 0 Å². The molecule has 3 aromatic rings. The minimum atomic E-state index is -0.198. The Morgan fingerprint density at radius 2 is 2.10 bits per heavy atom. The molecule has 9 heteroatoms. The molecule has 0 aliphatic carbocycles. The molecule has 0 aliphatic heterocycles. The van der Waals surface area contributed by atoms with Gasteiger partial charge in [-0.2, -0.15) is 0 Å². The fourth-order valence-corrected chi connectivity index (χ4v) is 2.50. The highest BCUT2D eigenvalue weighted by molar-refractivity contribution is 7.99. The number of amides is 1. The highest BCUT2D eigenvalue weighted by Crippen LogP contribution is 2.22. The number of hydrogen-bond donors (Lipinski definition) is 1. The van der Waals surface area contributed by atoms with Crippen LogP contribution >= 0.6 is 23.1 Å². The van der Waals surface area contributed by atoms with Crippen molar-refractivity contribution >= 4 is 34.1 Å². The minimum absolute atomic E-state index is 0.163. The first-order valence-electron chi connectivity index (χ1n) is 5.89. The zero-order valence-electron chi connectivity index (χ0n) is 10.6. The van der Waals surface area contributed by atoms with E-state index in [1.54, 1.807) is 5.51 Å². The van der Waals surface area contributed by atoms with E-state index < -0.39 is 0 Å². The van der Waals surface area contributed by atoms with E-state index >= 15 is 0 Å². The number of nitrogens with zero attached hydrogens (tertiary/aromatic N) is 4. The number of carbonyl (C=O) groups is 1. The Morgan fingerprint density at radius 1 is 1.24 bits per heavy atom. The molecule has 1 N–H and O–H groups in total. The lowest BCUT2D eigenvalue weighted by Gasteiger charge is -1.97. The molecular weight excluding hydrogens is 310 g/mol. The topological polar surface area (TPSA) is 93.8 Å². The van der Waals surface area contributed by atoms with Crippen molar-refractivity contribution in [3.05, 3.63) is 35.8 Å². The molecule has 21 heavy (non-hydrogen) atoms. The van der Waals surface area contributed by atoms with Crippen LogP contribution < -0.4 is 5.32 Å². The third-order valence-electron chi connectivity index (χ3n) is 2.36. The van der Waals surface area contributed by atoms with E-state index in [1.807, 2.05) is 30.3 Å². The summed E-state index contributed by atoms with van der Waals surface area (Å²) in [5.41, 5.74) is 2.39. The van der Waals surface area contributed by atoms with E-state index in [0.29, 0.717) is 16.2 Å². The van der Waals surface area contributed by atoms with Gasteiger partial charge in [0.1, 0.15) is 5.51 Å². The normalized spacial score (nSPS) is 10.5. The molecule has 0 unspecified atom stereocenters. The number of anilines is 1. The molecule has 3 rings (SSSR count). The zero-order valence-corrected chi connectivity index (χ0v) is 12.2. The number of carbonyl (C=O) groups excluding carboxylic acids is 1. The Hall–Kier alpha value is -2.26. The van der Waals surface area contributed by atoms with Gasteiger partial charge in [0, 0.05) is 5.56 Å². The summed E-state index contributed by atoms with van der Waals surface area (Å²) in [6, 6.07) is 9.45. The van der Waals surface area contributed by atoms with Crippen LogP contribution in [0.3, 0.4) is 0 Å². The minimum Gasteiger partial charge on any atom is -0.411 e. The third kappa shape index (κ3) is 3.64. The highest BCUT2D eigenvalue weighted by Gasteiger charge is 2.11. The van der Waals surface area contributed by atoms with Gasteiger partial charge in [0.25, 0.3) is 5.22 Å². The lowest BCUT2D eigenvalue weighted by Crippen LogP contribution is -2.13. The van der Waals surface area contributed by atoms with Crippen molar-refractivity contribution < 1.29 is 9.21 Å². The summed E-state index contributed by atoms with van der Waals surface area (Å²) in [5, 5.41) is 18.7. The molecule has 7 nitrogen and oxygen atoms in total. The fourth-order valence-electron chi connectivity index (χ4n) is 1.48. The van der Waals surface area contributed by atoms with Crippen LogP contribution in [0.15, 0.2) is 45.5 Å². The van der Waals surface area contributed by atoms with Gasteiger partial charge in [-0.15, -0.1) is 20.4 Å². The predicted molar refractivity (Wildman–Crippen MR) is 79.0 cm³/mol. The summed E-state index contributed by atoms with van der Waals surface area (Å²) in [4.78, 5) is 11.7. The smallest absolute Gasteiger partial charge is 0.277 e. The van der Waals surface area contributed by atoms with Crippen molar-refractivity contribution in [1.82, 2.24) is 20.4 Å². The molecule has 0 saturated heterocycles. The Kier molecular flexibility index (Phi) is 4.22. The van der Waals surface area contributed by atoms with Gasteiger partial charge in [-0.25, -0.2) is 0 Å². The first kappa shape index (κ1) is 13.7. The van der Waals surface area contributed by atoms with Gasteiger partial charge < -0.3 is 4.42 Å². The van der Waals surface area contributed by atoms with Crippen LogP contribution in [0.1, 0.15) is 0 Å². The van der Waals surface area contributed by atoms with E-state index in [2.05, 4.69) is 25.7 Å². The average molecular weight is 319 g/mol. The molecule has 0 atom stereocenters. The van der Waals surface area contributed by atoms with Crippen molar-refractivity contribution in [2.45, 2.75) is 5.22 Å². The van der Waals surface area contributed by atoms with Crippen molar-refractivity contribution in [3.8, 4) is 11.5 Å². The van der Waals surface area contributed by atoms with Crippen LogP contribution in [0, 0.1) is 0 Å². The first-order chi connectivity index (χ1) is 10.3. The zero-order chi connectivity index (χ0) is 14.5. The van der Waals surface area contributed by atoms with Crippen LogP contribution in [0.25, 0.3) is 11.5 Å². The van der Waals surface area contributed by atoms with E-state index in [-0.39, 0.29) is 11.7 Å². The molecule has 1 amide bonds. The lowest BCUT2D eigenvalue weighted by molar-refractivity contribution is -0.113. The Labute approximate surface area is 127 Å². The molecule has 2 heterocycles. The van der Waals surface area contributed by atoms with Crippen LogP contribution in [0.4, 0.5) is 5.13 Å². The number of aromatic nitrogens is 4. The molecule has 0 fully saturated rings. The maximum absolute atomic E-state index is 11.7. The van der Waals surface area contributed by atoms with Crippen molar-refractivity contribution in [1.29, 1.82) is 0 Å². The third-order valence-corrected chi connectivity index (χ3v) is 3.79. The van der Waals surface area contributed by atoms with Gasteiger partial charge in [-0.1, -0.05) is 41.3 Å². The summed E-state index contributed by atoms with van der Waals surface area (Å²) in [5.74, 6) is 0.398. The van der Waals surface area contributed by atoms with E-state index in [0.717, 1.165) is 5.56 Å². The van der Waals surface area contributed by atoms with Crippen LogP contribution in [-0.2, 0) is 4.79 Å². The first-order valence-corrected chi connectivity index (χ1v) is 7.75. The maximum Gasteiger partial charge on any atom is 0.277 e. The van der Waals surface area contributed by atoms with Crippen LogP contribution in [0.2, 0.25) is 0 Å². The SMILES string of the molecule is O=C(CSc1nnc(-c2ccccc2)o1)Nc1nncs1. The van der Waals surface area contributed by atoms with Crippen LogP contribution in [-0.4, -0.2) is 32.1 Å². The predicted octanol–water partition coefficient (Wildman–Crippen LogP) is 2.32. The Morgan fingerprint density at radius 3 is 2.86 bits per heavy atom. The number of thioether (sulfide) groups is 1. The molecule has 0 radical (unpaired) electrons.